The molecule has 0 saturated heterocycles. The number of aliphatic hydroxyl groups excluding tert-OH is 1. The van der Waals surface area contributed by atoms with Crippen LogP contribution in [0.2, 0.25) is 0 Å². The van der Waals surface area contributed by atoms with Crippen molar-refractivity contribution in [3.8, 4) is 11.8 Å². The molecule has 0 spiro atoms. The molecular formula is C11H18O. The minimum absolute atomic E-state index is 0.0895. The van der Waals surface area contributed by atoms with Gasteiger partial charge in [0.1, 0.15) is 0 Å². The van der Waals surface area contributed by atoms with Gasteiger partial charge in [0, 0.05) is 6.42 Å². The first-order valence-electron chi connectivity index (χ1n) is 4.92. The minimum atomic E-state index is -0.0895. The topological polar surface area (TPSA) is 20.2 Å². The first kappa shape index (κ1) is 9.61. The van der Waals surface area contributed by atoms with Gasteiger partial charge in [-0.1, -0.05) is 19.3 Å². The highest BCUT2D eigenvalue weighted by atomic mass is 16.3. The highest BCUT2D eigenvalue weighted by molar-refractivity contribution is 4.97. The standard InChI is InChI=1S/C11H18O/c1-2-3-7-10-8-5-4-6-9-11(10)12/h10-12H,4-9H2,1H3. The van der Waals surface area contributed by atoms with Gasteiger partial charge in [0.25, 0.3) is 0 Å². The fraction of sp³-hybridized carbons (Fsp3) is 0.818. The lowest BCUT2D eigenvalue weighted by atomic mass is 9.94. The second kappa shape index (κ2) is 5.22. The van der Waals surface area contributed by atoms with E-state index >= 15 is 0 Å². The number of aliphatic hydroxyl groups is 1. The Kier molecular flexibility index (Phi) is 4.18. The van der Waals surface area contributed by atoms with Crippen molar-refractivity contribution in [2.75, 3.05) is 0 Å². The molecule has 1 heteroatoms. The Balaban J connectivity index is 2.39. The average molecular weight is 166 g/mol. The maximum atomic E-state index is 9.71. The summed E-state index contributed by atoms with van der Waals surface area (Å²) in [6.07, 6.45) is 6.69. The summed E-state index contributed by atoms with van der Waals surface area (Å²) in [5.74, 6) is 6.41. The zero-order chi connectivity index (χ0) is 8.81. The maximum absolute atomic E-state index is 9.71. The summed E-state index contributed by atoms with van der Waals surface area (Å²) in [6.45, 7) is 1.86. The second-order valence-corrected chi connectivity index (χ2v) is 3.60. The van der Waals surface area contributed by atoms with Crippen LogP contribution in [0, 0.1) is 17.8 Å². The average Bonchev–Trinajstić information content (AvgIpc) is 2.27. The van der Waals surface area contributed by atoms with E-state index in [1.807, 2.05) is 6.92 Å². The van der Waals surface area contributed by atoms with Crippen LogP contribution in [0.1, 0.15) is 45.4 Å². The summed E-state index contributed by atoms with van der Waals surface area (Å²) < 4.78 is 0. The Hall–Kier alpha value is -0.480. The van der Waals surface area contributed by atoms with E-state index in [1.54, 1.807) is 0 Å². The van der Waals surface area contributed by atoms with E-state index in [0.717, 1.165) is 19.3 Å². The second-order valence-electron chi connectivity index (χ2n) is 3.60. The lowest BCUT2D eigenvalue weighted by Gasteiger charge is -2.16. The van der Waals surface area contributed by atoms with Gasteiger partial charge in [0.2, 0.25) is 0 Å². The van der Waals surface area contributed by atoms with Crippen LogP contribution < -0.4 is 0 Å². The molecule has 1 saturated carbocycles. The molecule has 0 aliphatic heterocycles. The van der Waals surface area contributed by atoms with Crippen LogP contribution in [0.3, 0.4) is 0 Å². The van der Waals surface area contributed by atoms with Crippen LogP contribution >= 0.6 is 0 Å². The Morgan fingerprint density at radius 1 is 1.25 bits per heavy atom. The van der Waals surface area contributed by atoms with E-state index in [2.05, 4.69) is 11.8 Å². The minimum Gasteiger partial charge on any atom is -0.393 e. The number of rotatable bonds is 1. The van der Waals surface area contributed by atoms with Crippen molar-refractivity contribution in [3.05, 3.63) is 0 Å². The van der Waals surface area contributed by atoms with Crippen molar-refractivity contribution in [3.63, 3.8) is 0 Å². The lowest BCUT2D eigenvalue weighted by molar-refractivity contribution is 0.103. The lowest BCUT2D eigenvalue weighted by Crippen LogP contribution is -2.18. The molecule has 68 valence electrons. The van der Waals surface area contributed by atoms with Crippen LogP contribution in [0.15, 0.2) is 0 Å². The van der Waals surface area contributed by atoms with Crippen LogP contribution in [0.4, 0.5) is 0 Å². The van der Waals surface area contributed by atoms with Gasteiger partial charge in [-0.3, -0.25) is 0 Å². The summed E-state index contributed by atoms with van der Waals surface area (Å²) in [5, 5.41) is 9.71. The van der Waals surface area contributed by atoms with Gasteiger partial charge in [-0.05, 0) is 25.7 Å². The monoisotopic (exact) mass is 166 g/mol. The van der Waals surface area contributed by atoms with Gasteiger partial charge in [-0.2, -0.15) is 0 Å². The van der Waals surface area contributed by atoms with Gasteiger partial charge in [0.05, 0.1) is 6.10 Å². The predicted molar refractivity (Wildman–Crippen MR) is 50.6 cm³/mol. The third-order valence-corrected chi connectivity index (χ3v) is 2.66. The van der Waals surface area contributed by atoms with Crippen molar-refractivity contribution < 1.29 is 5.11 Å². The van der Waals surface area contributed by atoms with Crippen LogP contribution in [0.5, 0.6) is 0 Å². The fourth-order valence-corrected chi connectivity index (χ4v) is 1.84. The third-order valence-electron chi connectivity index (χ3n) is 2.66. The molecule has 0 amide bonds. The normalized spacial score (nSPS) is 30.2. The summed E-state index contributed by atoms with van der Waals surface area (Å²) >= 11 is 0. The van der Waals surface area contributed by atoms with Crippen LogP contribution in [-0.4, -0.2) is 11.2 Å². The zero-order valence-electron chi connectivity index (χ0n) is 7.84. The maximum Gasteiger partial charge on any atom is 0.0577 e. The first-order chi connectivity index (χ1) is 5.84. The molecule has 2 atom stereocenters. The largest absolute Gasteiger partial charge is 0.393 e. The molecule has 0 bridgehead atoms. The SMILES string of the molecule is CC#CCC1CCCCCC1O. The highest BCUT2D eigenvalue weighted by Gasteiger charge is 2.20. The van der Waals surface area contributed by atoms with Gasteiger partial charge in [0.15, 0.2) is 0 Å². The third kappa shape index (κ3) is 2.87. The van der Waals surface area contributed by atoms with E-state index in [0.29, 0.717) is 5.92 Å². The van der Waals surface area contributed by atoms with Gasteiger partial charge >= 0.3 is 0 Å². The molecular weight excluding hydrogens is 148 g/mol. The Morgan fingerprint density at radius 2 is 2.00 bits per heavy atom. The van der Waals surface area contributed by atoms with E-state index in [-0.39, 0.29) is 6.10 Å². The molecule has 12 heavy (non-hydrogen) atoms. The van der Waals surface area contributed by atoms with Crippen LogP contribution in [0.25, 0.3) is 0 Å². The number of hydrogen-bond acceptors (Lipinski definition) is 1. The molecule has 0 radical (unpaired) electrons. The van der Waals surface area contributed by atoms with E-state index < -0.39 is 0 Å². The van der Waals surface area contributed by atoms with Crippen molar-refractivity contribution in [2.45, 2.75) is 51.6 Å². The van der Waals surface area contributed by atoms with Gasteiger partial charge in [-0.25, -0.2) is 0 Å². The van der Waals surface area contributed by atoms with E-state index in [9.17, 15) is 5.11 Å². The van der Waals surface area contributed by atoms with Crippen LogP contribution in [-0.2, 0) is 0 Å². The molecule has 2 unspecified atom stereocenters. The predicted octanol–water partition coefficient (Wildman–Crippen LogP) is 2.34. The Bertz CT molecular complexity index is 175. The molecule has 0 aromatic heterocycles. The summed E-state index contributed by atoms with van der Waals surface area (Å²) in [6, 6.07) is 0. The van der Waals surface area contributed by atoms with Crippen molar-refractivity contribution >= 4 is 0 Å². The number of hydrogen-bond donors (Lipinski definition) is 1. The summed E-state index contributed by atoms with van der Waals surface area (Å²) in [7, 11) is 0. The quantitative estimate of drug-likeness (QED) is 0.468. The molecule has 0 aromatic rings. The fourth-order valence-electron chi connectivity index (χ4n) is 1.84. The Morgan fingerprint density at radius 3 is 2.75 bits per heavy atom. The highest BCUT2D eigenvalue weighted by Crippen LogP contribution is 2.25. The Labute approximate surface area is 75.2 Å². The smallest absolute Gasteiger partial charge is 0.0577 e. The molecule has 1 aliphatic rings. The van der Waals surface area contributed by atoms with E-state index in [4.69, 9.17) is 0 Å². The van der Waals surface area contributed by atoms with E-state index in [1.165, 1.54) is 19.3 Å². The van der Waals surface area contributed by atoms with Crippen molar-refractivity contribution in [2.24, 2.45) is 5.92 Å². The summed E-state index contributed by atoms with van der Waals surface area (Å²) in [4.78, 5) is 0. The molecule has 0 aromatic carbocycles. The first-order valence-corrected chi connectivity index (χ1v) is 4.92. The summed E-state index contributed by atoms with van der Waals surface area (Å²) in [5.41, 5.74) is 0. The molecule has 1 aliphatic carbocycles. The molecule has 1 rings (SSSR count). The molecule has 0 heterocycles. The molecule has 1 fully saturated rings. The van der Waals surface area contributed by atoms with Gasteiger partial charge in [-0.15, -0.1) is 11.8 Å². The van der Waals surface area contributed by atoms with Crippen molar-refractivity contribution in [1.29, 1.82) is 0 Å². The van der Waals surface area contributed by atoms with Gasteiger partial charge < -0.3 is 5.11 Å². The molecule has 1 N–H and O–H groups in total. The van der Waals surface area contributed by atoms with Crippen molar-refractivity contribution in [1.82, 2.24) is 0 Å². The zero-order valence-corrected chi connectivity index (χ0v) is 7.84. The molecule has 1 nitrogen and oxygen atoms in total.